The van der Waals surface area contributed by atoms with Gasteiger partial charge >= 0.3 is 11.4 Å². The molecule has 3 N–H and O–H groups in total. The fourth-order valence-corrected chi connectivity index (χ4v) is 1.80. The van der Waals surface area contributed by atoms with Crippen LogP contribution in [0, 0.1) is 17.0 Å². The van der Waals surface area contributed by atoms with E-state index in [1.54, 1.807) is 13.0 Å². The number of amides is 1. The van der Waals surface area contributed by atoms with Gasteiger partial charge in [-0.2, -0.15) is 5.10 Å². The van der Waals surface area contributed by atoms with Crippen molar-refractivity contribution < 1.29 is 14.5 Å². The Balaban J connectivity index is 1.95. The average molecular weight is 347 g/mol. The van der Waals surface area contributed by atoms with Gasteiger partial charge in [-0.3, -0.25) is 24.7 Å². The number of nitrogens with one attached hydrogen (secondary N) is 3. The van der Waals surface area contributed by atoms with E-state index in [0.29, 0.717) is 5.56 Å². The summed E-state index contributed by atoms with van der Waals surface area (Å²) in [4.78, 5) is 48.4. The minimum atomic E-state index is -0.713. The van der Waals surface area contributed by atoms with Crippen LogP contribution in [0.5, 0.6) is 5.75 Å². The largest absolute Gasteiger partial charge is 0.477 e. The number of aryl methyl sites for hydroxylation is 1. The molecule has 11 nitrogen and oxygen atoms in total. The summed E-state index contributed by atoms with van der Waals surface area (Å²) in [6.45, 7) is 1.18. The minimum Gasteiger partial charge on any atom is -0.477 e. The number of ether oxygens (including phenoxy) is 1. The fraction of sp³-hybridized carbons (Fsp3) is 0.143. The second kappa shape index (κ2) is 7.68. The fourth-order valence-electron chi connectivity index (χ4n) is 1.80. The second-order valence-corrected chi connectivity index (χ2v) is 4.85. The third-order valence-corrected chi connectivity index (χ3v) is 2.84. The van der Waals surface area contributed by atoms with Gasteiger partial charge in [0.15, 0.2) is 12.4 Å². The number of benzene rings is 1. The topological polar surface area (TPSA) is 160 Å². The predicted octanol–water partition coefficient (Wildman–Crippen LogP) is -0.191. The Morgan fingerprint density at radius 2 is 2.12 bits per heavy atom. The Morgan fingerprint density at radius 1 is 1.36 bits per heavy atom. The molecule has 0 aliphatic rings. The number of aromatic nitrogens is 2. The van der Waals surface area contributed by atoms with E-state index in [-0.39, 0.29) is 17.1 Å². The van der Waals surface area contributed by atoms with Crippen LogP contribution in [0.25, 0.3) is 0 Å². The maximum absolute atomic E-state index is 11.6. The van der Waals surface area contributed by atoms with Crippen molar-refractivity contribution in [1.29, 1.82) is 0 Å². The van der Waals surface area contributed by atoms with Crippen LogP contribution in [0.4, 0.5) is 5.69 Å². The van der Waals surface area contributed by atoms with Gasteiger partial charge in [0.05, 0.1) is 16.8 Å². The third-order valence-electron chi connectivity index (χ3n) is 2.84. The maximum Gasteiger partial charge on any atom is 0.326 e. The molecule has 1 amide bonds. The molecular weight excluding hydrogens is 334 g/mol. The van der Waals surface area contributed by atoms with E-state index in [0.717, 1.165) is 12.3 Å². The van der Waals surface area contributed by atoms with E-state index in [4.69, 9.17) is 4.74 Å². The van der Waals surface area contributed by atoms with Crippen molar-refractivity contribution >= 4 is 17.8 Å². The minimum absolute atomic E-state index is 0.0475. The molecule has 0 spiro atoms. The first-order chi connectivity index (χ1) is 11.8. The number of nitro groups is 1. The van der Waals surface area contributed by atoms with Crippen LogP contribution in [-0.4, -0.2) is 33.6 Å². The summed E-state index contributed by atoms with van der Waals surface area (Å²) in [6.07, 6.45) is 1.06. The van der Waals surface area contributed by atoms with E-state index in [2.05, 4.69) is 15.5 Å². The van der Waals surface area contributed by atoms with Gasteiger partial charge in [0.1, 0.15) is 0 Å². The SMILES string of the molecule is Cc1ccc(OCC(=O)NN=Cc2cc(=O)[nH]c(=O)[nH]2)c([N+](=O)[O-])c1. The van der Waals surface area contributed by atoms with Gasteiger partial charge in [-0.25, -0.2) is 10.2 Å². The number of carbonyl (C=O) groups excluding carboxylic acids is 1. The second-order valence-electron chi connectivity index (χ2n) is 4.85. The summed E-state index contributed by atoms with van der Waals surface area (Å²) in [7, 11) is 0. The lowest BCUT2D eigenvalue weighted by Gasteiger charge is -2.06. The Hall–Kier alpha value is -3.76. The lowest BCUT2D eigenvalue weighted by atomic mass is 10.2. The highest BCUT2D eigenvalue weighted by atomic mass is 16.6. The Kier molecular flexibility index (Phi) is 5.40. The monoisotopic (exact) mass is 347 g/mol. The van der Waals surface area contributed by atoms with Crippen molar-refractivity contribution in [1.82, 2.24) is 15.4 Å². The molecule has 0 saturated heterocycles. The molecule has 1 aromatic carbocycles. The Morgan fingerprint density at radius 3 is 2.80 bits per heavy atom. The molecule has 2 rings (SSSR count). The molecule has 0 radical (unpaired) electrons. The number of rotatable bonds is 6. The predicted molar refractivity (Wildman–Crippen MR) is 86.7 cm³/mol. The van der Waals surface area contributed by atoms with Gasteiger partial charge in [0.25, 0.3) is 11.5 Å². The number of nitrogens with zero attached hydrogens (tertiary/aromatic N) is 2. The van der Waals surface area contributed by atoms with Crippen molar-refractivity contribution in [2.24, 2.45) is 5.10 Å². The zero-order valence-corrected chi connectivity index (χ0v) is 12.9. The van der Waals surface area contributed by atoms with E-state index in [1.807, 2.05) is 4.98 Å². The molecule has 1 aromatic heterocycles. The van der Waals surface area contributed by atoms with Crippen molar-refractivity contribution in [2.45, 2.75) is 6.92 Å². The molecule has 130 valence electrons. The van der Waals surface area contributed by atoms with Gasteiger partial charge < -0.3 is 9.72 Å². The number of hydrogen-bond acceptors (Lipinski definition) is 7. The van der Waals surface area contributed by atoms with Crippen LogP contribution in [0.1, 0.15) is 11.3 Å². The van der Waals surface area contributed by atoms with Crippen LogP contribution in [0.15, 0.2) is 39.0 Å². The molecule has 2 aromatic rings. The van der Waals surface area contributed by atoms with Crippen LogP contribution < -0.4 is 21.4 Å². The first-order valence-corrected chi connectivity index (χ1v) is 6.88. The number of nitro benzene ring substituents is 1. The van der Waals surface area contributed by atoms with Crippen LogP contribution in [0.2, 0.25) is 0 Å². The first-order valence-electron chi connectivity index (χ1n) is 6.88. The molecule has 0 bridgehead atoms. The summed E-state index contributed by atoms with van der Waals surface area (Å²) in [5.41, 5.74) is 1.29. The summed E-state index contributed by atoms with van der Waals surface area (Å²) in [5.74, 6) is -0.730. The quantitative estimate of drug-likeness (QED) is 0.373. The first kappa shape index (κ1) is 17.6. The number of H-pyrrole nitrogens is 2. The number of carbonyl (C=O) groups is 1. The zero-order valence-electron chi connectivity index (χ0n) is 12.9. The van der Waals surface area contributed by atoms with Crippen LogP contribution in [-0.2, 0) is 4.79 Å². The van der Waals surface area contributed by atoms with Gasteiger partial charge in [-0.1, -0.05) is 6.07 Å². The van der Waals surface area contributed by atoms with Gasteiger partial charge in [0.2, 0.25) is 0 Å². The summed E-state index contributed by atoms with van der Waals surface area (Å²) in [5, 5.41) is 14.5. The number of hydrazone groups is 1. The Bertz CT molecular complexity index is 917. The molecule has 1 heterocycles. The standard InChI is InChI=1S/C14H13N5O6/c1-8-2-3-11(10(4-8)19(23)24)25-7-13(21)18-15-6-9-5-12(20)17-14(22)16-9/h2-6H,7H2,1H3,(H,18,21)(H2,16,17,20,22). The molecule has 0 fully saturated rings. The third kappa shape index (κ3) is 5.13. The lowest BCUT2D eigenvalue weighted by Crippen LogP contribution is -2.26. The normalized spacial score (nSPS) is 10.6. The van der Waals surface area contributed by atoms with Crippen molar-refractivity contribution in [3.05, 3.63) is 66.5 Å². The number of aromatic amines is 2. The van der Waals surface area contributed by atoms with Crippen LogP contribution in [0.3, 0.4) is 0 Å². The lowest BCUT2D eigenvalue weighted by molar-refractivity contribution is -0.385. The van der Waals surface area contributed by atoms with E-state index < -0.39 is 28.7 Å². The molecule has 0 saturated carbocycles. The average Bonchev–Trinajstić information content (AvgIpc) is 2.52. The molecule has 25 heavy (non-hydrogen) atoms. The Labute approximate surface area is 139 Å². The molecule has 0 atom stereocenters. The summed E-state index contributed by atoms with van der Waals surface area (Å²) < 4.78 is 5.12. The van der Waals surface area contributed by atoms with Crippen molar-refractivity contribution in [3.8, 4) is 5.75 Å². The van der Waals surface area contributed by atoms with Gasteiger partial charge in [0, 0.05) is 12.1 Å². The molecule has 0 aliphatic heterocycles. The summed E-state index contributed by atoms with van der Waals surface area (Å²) >= 11 is 0. The highest BCUT2D eigenvalue weighted by molar-refractivity contribution is 5.81. The molecular formula is C14H13N5O6. The smallest absolute Gasteiger partial charge is 0.326 e. The van der Waals surface area contributed by atoms with E-state index >= 15 is 0 Å². The maximum atomic E-state index is 11.6. The highest BCUT2D eigenvalue weighted by Gasteiger charge is 2.16. The van der Waals surface area contributed by atoms with E-state index in [9.17, 15) is 24.5 Å². The highest BCUT2D eigenvalue weighted by Crippen LogP contribution is 2.27. The molecule has 0 aliphatic carbocycles. The number of hydrogen-bond donors (Lipinski definition) is 3. The van der Waals surface area contributed by atoms with Gasteiger partial charge in [-0.05, 0) is 18.6 Å². The van der Waals surface area contributed by atoms with E-state index in [1.165, 1.54) is 12.1 Å². The van der Waals surface area contributed by atoms with Crippen molar-refractivity contribution in [2.75, 3.05) is 6.61 Å². The van der Waals surface area contributed by atoms with Gasteiger partial charge in [-0.15, -0.1) is 0 Å². The molecule has 11 heteroatoms. The summed E-state index contributed by atoms with van der Waals surface area (Å²) in [6, 6.07) is 5.41. The van der Waals surface area contributed by atoms with Crippen molar-refractivity contribution in [3.63, 3.8) is 0 Å². The zero-order chi connectivity index (χ0) is 18.4. The van der Waals surface area contributed by atoms with Crippen LogP contribution >= 0.6 is 0 Å². The molecule has 0 unspecified atom stereocenters.